The summed E-state index contributed by atoms with van der Waals surface area (Å²) in [6, 6.07) is 4.49. The molecule has 0 spiro atoms. The summed E-state index contributed by atoms with van der Waals surface area (Å²) in [5.74, 6) is -1.44. The van der Waals surface area contributed by atoms with Crippen LogP contribution in [-0.4, -0.2) is 86.1 Å². The van der Waals surface area contributed by atoms with E-state index in [1.54, 1.807) is 61.4 Å². The van der Waals surface area contributed by atoms with Gasteiger partial charge in [-0.2, -0.15) is 4.72 Å². The molecule has 0 saturated carbocycles. The largest absolute Gasteiger partial charge is 0.381 e. The second-order valence-electron chi connectivity index (χ2n) is 12.2. The zero-order chi connectivity index (χ0) is 33.9. The summed E-state index contributed by atoms with van der Waals surface area (Å²) in [7, 11) is -2.30. The normalized spacial score (nSPS) is 19.2. The Labute approximate surface area is 278 Å². The van der Waals surface area contributed by atoms with Gasteiger partial charge in [-0.25, -0.2) is 8.42 Å². The quantitative estimate of drug-likeness (QED) is 0.241. The highest BCUT2D eigenvalue weighted by atomic mass is 35.5. The summed E-state index contributed by atoms with van der Waals surface area (Å²) in [5.41, 5.74) is 6.34. The van der Waals surface area contributed by atoms with Gasteiger partial charge in [0, 0.05) is 57.4 Å². The van der Waals surface area contributed by atoms with Crippen molar-refractivity contribution < 1.29 is 27.5 Å². The first-order valence-corrected chi connectivity index (χ1v) is 17.7. The Hall–Kier alpha value is -3.03. The van der Waals surface area contributed by atoms with Crippen LogP contribution in [0.2, 0.25) is 5.02 Å². The van der Waals surface area contributed by atoms with Crippen molar-refractivity contribution in [2.75, 3.05) is 32.6 Å². The van der Waals surface area contributed by atoms with Crippen molar-refractivity contribution in [2.45, 2.75) is 83.1 Å². The number of nitrogens with two attached hydrogens (primary N) is 1. The topological polar surface area (TPSA) is 151 Å². The van der Waals surface area contributed by atoms with Crippen LogP contribution in [-0.2, 0) is 42.2 Å². The second-order valence-corrected chi connectivity index (χ2v) is 14.3. The Kier molecular flexibility index (Phi) is 14.0. The molecule has 46 heavy (non-hydrogen) atoms. The smallest absolute Gasteiger partial charge is 0.244 e. The van der Waals surface area contributed by atoms with Crippen molar-refractivity contribution in [3.63, 3.8) is 0 Å². The molecule has 0 aliphatic carbocycles. The molecule has 13 heteroatoms. The minimum Gasteiger partial charge on any atom is -0.381 e. The number of carbonyl (C=O) groups excluding carboxylic acids is 3. The Balaban J connectivity index is 1.81. The third kappa shape index (κ3) is 10.5. The lowest BCUT2D eigenvalue weighted by atomic mass is 9.94. The molecule has 1 aromatic carbocycles. The molecule has 2 heterocycles. The Morgan fingerprint density at radius 2 is 1.91 bits per heavy atom. The molecule has 2 fully saturated rings. The zero-order valence-corrected chi connectivity index (χ0v) is 28.7. The number of carbonyl (C=O) groups is 3. The Morgan fingerprint density at radius 3 is 2.59 bits per heavy atom. The van der Waals surface area contributed by atoms with Gasteiger partial charge in [0.05, 0.1) is 5.75 Å². The van der Waals surface area contributed by atoms with E-state index < -0.39 is 27.5 Å². The van der Waals surface area contributed by atoms with Gasteiger partial charge in [0.2, 0.25) is 27.7 Å². The summed E-state index contributed by atoms with van der Waals surface area (Å²) in [5, 5.41) is 3.42. The molecule has 11 nitrogen and oxygen atoms in total. The van der Waals surface area contributed by atoms with E-state index in [0.29, 0.717) is 49.5 Å². The maximum atomic E-state index is 14.3. The minimum atomic E-state index is -4.03. The fourth-order valence-electron chi connectivity index (χ4n) is 5.89. The van der Waals surface area contributed by atoms with E-state index in [9.17, 15) is 22.8 Å². The molecule has 254 valence electrons. The van der Waals surface area contributed by atoms with E-state index in [0.717, 1.165) is 11.1 Å². The van der Waals surface area contributed by atoms with E-state index in [2.05, 4.69) is 16.6 Å². The highest BCUT2D eigenvalue weighted by Gasteiger charge is 2.45. The second kappa shape index (κ2) is 17.2. The van der Waals surface area contributed by atoms with Gasteiger partial charge in [0.1, 0.15) is 11.6 Å². The lowest BCUT2D eigenvalue weighted by Gasteiger charge is -2.36. The van der Waals surface area contributed by atoms with Crippen molar-refractivity contribution >= 4 is 39.3 Å². The number of allylic oxidation sites excluding steroid dienone is 4. The molecule has 2 aliphatic rings. The number of sulfonamides is 1. The van der Waals surface area contributed by atoms with E-state index in [1.165, 1.54) is 11.8 Å². The van der Waals surface area contributed by atoms with Crippen LogP contribution in [0, 0.1) is 0 Å². The first-order chi connectivity index (χ1) is 21.8. The van der Waals surface area contributed by atoms with Crippen LogP contribution in [0.15, 0.2) is 54.7 Å². The first-order valence-electron chi connectivity index (χ1n) is 15.7. The molecule has 0 radical (unpaired) electrons. The highest BCUT2D eigenvalue weighted by Crippen LogP contribution is 2.27. The van der Waals surface area contributed by atoms with Gasteiger partial charge in [0.25, 0.3) is 0 Å². The lowest BCUT2D eigenvalue weighted by molar-refractivity contribution is -0.143. The van der Waals surface area contributed by atoms with Crippen molar-refractivity contribution in [2.24, 2.45) is 5.73 Å². The predicted molar refractivity (Wildman–Crippen MR) is 180 cm³/mol. The maximum Gasteiger partial charge on any atom is 0.244 e. The molecule has 2 atom stereocenters. The van der Waals surface area contributed by atoms with Gasteiger partial charge in [-0.15, -0.1) is 0 Å². The third-order valence-electron chi connectivity index (χ3n) is 8.53. The van der Waals surface area contributed by atoms with Crippen molar-refractivity contribution in [3.8, 4) is 0 Å². The average molecular weight is 678 g/mol. The Morgan fingerprint density at radius 1 is 1.20 bits per heavy atom. The number of halogens is 1. The molecular formula is C33H48ClN5O6S. The molecule has 0 bridgehead atoms. The van der Waals surface area contributed by atoms with E-state index in [-0.39, 0.29) is 56.1 Å². The highest BCUT2D eigenvalue weighted by molar-refractivity contribution is 7.89. The van der Waals surface area contributed by atoms with Crippen LogP contribution < -0.4 is 15.8 Å². The summed E-state index contributed by atoms with van der Waals surface area (Å²) in [6.07, 6.45) is 8.87. The van der Waals surface area contributed by atoms with Crippen LogP contribution in [0.1, 0.15) is 63.5 Å². The van der Waals surface area contributed by atoms with E-state index in [1.807, 2.05) is 0 Å². The number of nitrogens with one attached hydrogen (secondary N) is 2. The van der Waals surface area contributed by atoms with Crippen molar-refractivity contribution in [3.05, 3.63) is 70.8 Å². The molecule has 4 N–H and O–H groups in total. The SMILES string of the molecule is C=CC=CC=C(C)CS(=O)(=O)NC(C)(CCC(=O)N(C)C1CCOCC1)C(=O)N1CCCC1C(=O)NCc1cc(Cl)ccc1CN. The van der Waals surface area contributed by atoms with Gasteiger partial charge in [-0.3, -0.25) is 14.4 Å². The van der Waals surface area contributed by atoms with Crippen LogP contribution in [0.25, 0.3) is 0 Å². The molecular weight excluding hydrogens is 630 g/mol. The number of rotatable bonds is 15. The molecule has 2 saturated heterocycles. The third-order valence-corrected chi connectivity index (χ3v) is 10.4. The number of ether oxygens (including phenoxy) is 1. The minimum absolute atomic E-state index is 0.0160. The number of hydrogen-bond acceptors (Lipinski definition) is 7. The fourth-order valence-corrected chi connectivity index (χ4v) is 7.73. The van der Waals surface area contributed by atoms with Crippen molar-refractivity contribution in [1.29, 1.82) is 0 Å². The molecule has 3 rings (SSSR count). The lowest BCUT2D eigenvalue weighted by Crippen LogP contribution is -2.60. The van der Waals surface area contributed by atoms with Gasteiger partial charge in [0.15, 0.2) is 0 Å². The Bertz CT molecular complexity index is 1430. The van der Waals surface area contributed by atoms with Crippen LogP contribution in [0.5, 0.6) is 0 Å². The summed E-state index contributed by atoms with van der Waals surface area (Å²) >= 11 is 6.16. The monoisotopic (exact) mass is 677 g/mol. The number of amides is 3. The van der Waals surface area contributed by atoms with Gasteiger partial charge >= 0.3 is 0 Å². The van der Waals surface area contributed by atoms with Gasteiger partial charge in [-0.1, -0.05) is 54.1 Å². The zero-order valence-electron chi connectivity index (χ0n) is 27.1. The van der Waals surface area contributed by atoms with Crippen LogP contribution >= 0.6 is 11.6 Å². The number of likely N-dealkylation sites (tertiary alicyclic amines) is 1. The summed E-state index contributed by atoms with van der Waals surface area (Å²) < 4.78 is 34.9. The average Bonchev–Trinajstić information content (AvgIpc) is 3.52. The van der Waals surface area contributed by atoms with Crippen molar-refractivity contribution in [1.82, 2.24) is 19.8 Å². The summed E-state index contributed by atoms with van der Waals surface area (Å²) in [6.45, 7) is 8.64. The standard InChI is InChI=1S/C33H48ClN5O6S/c1-5-6-7-9-24(2)23-46(43,44)37-33(3,16-13-30(40)38(4)28-14-18-45-19-15-28)32(42)39-17-8-10-29(39)31(41)36-22-26-20-27(34)12-11-25(26)21-35/h5-7,9,11-12,20,28-29,37H,1,8,10,13-19,21-23,35H2,2-4H3,(H,36,41). The maximum absolute atomic E-state index is 14.3. The number of hydrogen-bond donors (Lipinski definition) is 3. The van der Waals surface area contributed by atoms with E-state index >= 15 is 0 Å². The van der Waals surface area contributed by atoms with Crippen LogP contribution in [0.3, 0.4) is 0 Å². The fraction of sp³-hybridized carbons (Fsp3) is 0.545. The first kappa shape index (κ1) is 37.4. The summed E-state index contributed by atoms with van der Waals surface area (Å²) in [4.78, 5) is 44.1. The van der Waals surface area contributed by atoms with Crippen LogP contribution in [0.4, 0.5) is 0 Å². The number of benzene rings is 1. The molecule has 0 aromatic heterocycles. The van der Waals surface area contributed by atoms with Gasteiger partial charge < -0.3 is 25.6 Å². The molecule has 3 amide bonds. The van der Waals surface area contributed by atoms with E-state index in [4.69, 9.17) is 22.1 Å². The molecule has 1 aromatic rings. The predicted octanol–water partition coefficient (Wildman–Crippen LogP) is 3.19. The molecule has 2 unspecified atom stereocenters. The number of nitrogens with zero attached hydrogens (tertiary/aromatic N) is 2. The van der Waals surface area contributed by atoms with Gasteiger partial charge in [-0.05, 0) is 69.2 Å². The molecule has 2 aliphatic heterocycles.